The zero-order valence-corrected chi connectivity index (χ0v) is 11.6. The van der Waals surface area contributed by atoms with E-state index in [1.807, 2.05) is 19.2 Å². The molecule has 0 saturated heterocycles. The summed E-state index contributed by atoms with van der Waals surface area (Å²) < 4.78 is 0.777. The molecule has 17 heavy (non-hydrogen) atoms. The molecule has 1 N–H and O–H groups in total. The molecule has 2 aromatic rings. The second kappa shape index (κ2) is 5.02. The third-order valence-electron chi connectivity index (χ3n) is 2.50. The minimum atomic E-state index is 0.356. The number of hydrogen-bond acceptors (Lipinski definition) is 4. The Labute approximate surface area is 110 Å². The second-order valence-corrected chi connectivity index (χ2v) is 5.71. The maximum absolute atomic E-state index is 5.98. The van der Waals surface area contributed by atoms with E-state index in [0.717, 1.165) is 26.3 Å². The minimum absolute atomic E-state index is 0.356. The highest BCUT2D eigenvalue weighted by Gasteiger charge is 2.16. The molecule has 2 heterocycles. The Bertz CT molecular complexity index is 522. The molecule has 0 aliphatic rings. The molecular formula is C12H14ClN3S. The van der Waals surface area contributed by atoms with Crippen LogP contribution in [0.1, 0.15) is 25.3 Å². The summed E-state index contributed by atoms with van der Waals surface area (Å²) >= 11 is 7.51. The second-order valence-electron chi connectivity index (χ2n) is 3.99. The van der Waals surface area contributed by atoms with Gasteiger partial charge in [-0.2, -0.15) is 0 Å². The number of nitrogens with one attached hydrogen (secondary N) is 1. The Balaban J connectivity index is 2.60. The standard InChI is InChI=1S/C12H14ClN3S/c1-7(2)10-11(8-4-5-9(13)17-8)15-6-16-12(10)14-3/h4-7H,1-3H3,(H,14,15,16). The third-order valence-corrected chi connectivity index (χ3v) is 3.74. The molecule has 0 unspecified atom stereocenters. The van der Waals surface area contributed by atoms with Crippen LogP contribution in [-0.4, -0.2) is 17.0 Å². The van der Waals surface area contributed by atoms with Crippen molar-refractivity contribution >= 4 is 28.8 Å². The van der Waals surface area contributed by atoms with Crippen LogP contribution < -0.4 is 5.32 Å². The SMILES string of the molecule is CNc1ncnc(-c2ccc(Cl)s2)c1C(C)C. The highest BCUT2D eigenvalue weighted by atomic mass is 35.5. The fourth-order valence-corrected chi connectivity index (χ4v) is 2.83. The van der Waals surface area contributed by atoms with E-state index in [2.05, 4.69) is 29.1 Å². The molecule has 90 valence electrons. The van der Waals surface area contributed by atoms with Crippen molar-refractivity contribution in [1.29, 1.82) is 0 Å². The van der Waals surface area contributed by atoms with Crippen LogP contribution in [0.2, 0.25) is 4.34 Å². The van der Waals surface area contributed by atoms with Gasteiger partial charge >= 0.3 is 0 Å². The average molecular weight is 268 g/mol. The lowest BCUT2D eigenvalue weighted by Crippen LogP contribution is -2.03. The summed E-state index contributed by atoms with van der Waals surface area (Å²) in [4.78, 5) is 9.73. The van der Waals surface area contributed by atoms with Crippen molar-refractivity contribution in [2.45, 2.75) is 19.8 Å². The van der Waals surface area contributed by atoms with Gasteiger partial charge in [-0.05, 0) is 18.1 Å². The predicted octanol–water partition coefficient (Wildman–Crippen LogP) is 4.02. The molecule has 3 nitrogen and oxygen atoms in total. The van der Waals surface area contributed by atoms with Crippen molar-refractivity contribution in [2.75, 3.05) is 12.4 Å². The molecule has 0 aliphatic carbocycles. The highest BCUT2D eigenvalue weighted by Crippen LogP contribution is 2.36. The number of nitrogens with zero attached hydrogens (tertiary/aromatic N) is 2. The molecule has 0 radical (unpaired) electrons. The Morgan fingerprint density at radius 2 is 2.06 bits per heavy atom. The quantitative estimate of drug-likeness (QED) is 0.913. The van der Waals surface area contributed by atoms with Crippen LogP contribution >= 0.6 is 22.9 Å². The van der Waals surface area contributed by atoms with Crippen molar-refractivity contribution < 1.29 is 0 Å². The molecular weight excluding hydrogens is 254 g/mol. The van der Waals surface area contributed by atoms with Gasteiger partial charge in [-0.3, -0.25) is 0 Å². The van der Waals surface area contributed by atoms with E-state index in [1.54, 1.807) is 6.33 Å². The molecule has 5 heteroatoms. The van der Waals surface area contributed by atoms with E-state index in [4.69, 9.17) is 11.6 Å². The van der Waals surface area contributed by atoms with E-state index in [-0.39, 0.29) is 0 Å². The van der Waals surface area contributed by atoms with Crippen LogP contribution in [0.4, 0.5) is 5.82 Å². The van der Waals surface area contributed by atoms with E-state index < -0.39 is 0 Å². The molecule has 0 bridgehead atoms. The smallest absolute Gasteiger partial charge is 0.133 e. The summed E-state index contributed by atoms with van der Waals surface area (Å²) in [5, 5.41) is 3.11. The number of halogens is 1. The minimum Gasteiger partial charge on any atom is -0.373 e. The van der Waals surface area contributed by atoms with Crippen molar-refractivity contribution in [3.05, 3.63) is 28.4 Å². The maximum Gasteiger partial charge on any atom is 0.133 e. The Kier molecular flexibility index (Phi) is 3.64. The fourth-order valence-electron chi connectivity index (χ4n) is 1.78. The van der Waals surface area contributed by atoms with Crippen LogP contribution in [-0.2, 0) is 0 Å². The molecule has 0 aromatic carbocycles. The van der Waals surface area contributed by atoms with Crippen molar-refractivity contribution in [3.8, 4) is 10.6 Å². The molecule has 0 aliphatic heterocycles. The van der Waals surface area contributed by atoms with Crippen LogP contribution in [0.25, 0.3) is 10.6 Å². The van der Waals surface area contributed by atoms with Crippen molar-refractivity contribution in [3.63, 3.8) is 0 Å². The molecule has 0 atom stereocenters. The summed E-state index contributed by atoms with van der Waals surface area (Å²) in [6.45, 7) is 4.27. The van der Waals surface area contributed by atoms with Crippen LogP contribution in [0, 0.1) is 0 Å². The van der Waals surface area contributed by atoms with Gasteiger partial charge < -0.3 is 5.32 Å². The van der Waals surface area contributed by atoms with E-state index in [9.17, 15) is 0 Å². The van der Waals surface area contributed by atoms with Crippen LogP contribution in [0.5, 0.6) is 0 Å². The van der Waals surface area contributed by atoms with Crippen molar-refractivity contribution in [2.24, 2.45) is 0 Å². The van der Waals surface area contributed by atoms with Gasteiger partial charge in [0.1, 0.15) is 12.1 Å². The largest absolute Gasteiger partial charge is 0.373 e. The first kappa shape index (κ1) is 12.3. The van der Waals surface area contributed by atoms with Gasteiger partial charge in [0.05, 0.1) is 14.9 Å². The van der Waals surface area contributed by atoms with Gasteiger partial charge in [0.2, 0.25) is 0 Å². The summed E-state index contributed by atoms with van der Waals surface area (Å²) in [7, 11) is 1.87. The summed E-state index contributed by atoms with van der Waals surface area (Å²) in [6.07, 6.45) is 1.58. The molecule has 0 amide bonds. The first-order chi connectivity index (χ1) is 8.13. The lowest BCUT2D eigenvalue weighted by molar-refractivity contribution is 0.853. The Morgan fingerprint density at radius 3 is 2.59 bits per heavy atom. The van der Waals surface area contributed by atoms with Crippen LogP contribution in [0.3, 0.4) is 0 Å². The number of anilines is 1. The number of thiophene rings is 1. The normalized spacial score (nSPS) is 10.9. The van der Waals surface area contributed by atoms with E-state index in [1.165, 1.54) is 11.3 Å². The average Bonchev–Trinajstić information content (AvgIpc) is 2.74. The maximum atomic E-state index is 5.98. The summed E-state index contributed by atoms with van der Waals surface area (Å²) in [5.74, 6) is 1.24. The predicted molar refractivity (Wildman–Crippen MR) is 74.0 cm³/mol. The van der Waals surface area contributed by atoms with Gasteiger partial charge in [0.15, 0.2) is 0 Å². The van der Waals surface area contributed by atoms with Crippen molar-refractivity contribution in [1.82, 2.24) is 9.97 Å². The molecule has 0 saturated carbocycles. The fraction of sp³-hybridized carbons (Fsp3) is 0.333. The highest BCUT2D eigenvalue weighted by molar-refractivity contribution is 7.19. The summed E-state index contributed by atoms with van der Waals surface area (Å²) in [5.41, 5.74) is 2.10. The summed E-state index contributed by atoms with van der Waals surface area (Å²) in [6, 6.07) is 3.90. The van der Waals surface area contributed by atoms with Gasteiger partial charge in [-0.15, -0.1) is 11.3 Å². The van der Waals surface area contributed by atoms with Gasteiger partial charge in [-0.1, -0.05) is 25.4 Å². The molecule has 2 aromatic heterocycles. The zero-order valence-electron chi connectivity index (χ0n) is 9.99. The van der Waals surface area contributed by atoms with E-state index in [0.29, 0.717) is 5.92 Å². The molecule has 2 rings (SSSR count). The molecule has 0 spiro atoms. The number of rotatable bonds is 3. The first-order valence-electron chi connectivity index (χ1n) is 5.41. The van der Waals surface area contributed by atoms with Gasteiger partial charge in [0, 0.05) is 12.6 Å². The Morgan fingerprint density at radius 1 is 1.29 bits per heavy atom. The lowest BCUT2D eigenvalue weighted by atomic mass is 10.0. The Hall–Kier alpha value is -1.13. The van der Waals surface area contributed by atoms with Gasteiger partial charge in [-0.25, -0.2) is 9.97 Å². The monoisotopic (exact) mass is 267 g/mol. The topological polar surface area (TPSA) is 37.8 Å². The first-order valence-corrected chi connectivity index (χ1v) is 6.61. The third kappa shape index (κ3) is 2.42. The number of aromatic nitrogens is 2. The zero-order chi connectivity index (χ0) is 12.4. The molecule has 0 fully saturated rings. The lowest BCUT2D eigenvalue weighted by Gasteiger charge is -2.14. The van der Waals surface area contributed by atoms with Crippen LogP contribution in [0.15, 0.2) is 18.5 Å². The van der Waals surface area contributed by atoms with E-state index >= 15 is 0 Å². The number of hydrogen-bond donors (Lipinski definition) is 1. The van der Waals surface area contributed by atoms with Gasteiger partial charge in [0.25, 0.3) is 0 Å².